The average Bonchev–Trinajstić information content (AvgIpc) is 2.71. The molecule has 102 valence electrons. The summed E-state index contributed by atoms with van der Waals surface area (Å²) < 4.78 is 53.6. The van der Waals surface area contributed by atoms with Gasteiger partial charge < -0.3 is 5.73 Å². The molecule has 2 aromatic rings. The monoisotopic (exact) mass is 289 g/mol. The topological polar surface area (TPSA) is 103 Å². The van der Waals surface area contributed by atoms with E-state index in [1.54, 1.807) is 0 Å². The first-order chi connectivity index (χ1) is 8.83. The van der Waals surface area contributed by atoms with Crippen molar-refractivity contribution in [1.29, 1.82) is 0 Å². The summed E-state index contributed by atoms with van der Waals surface area (Å²) in [6.45, 7) is 0. The van der Waals surface area contributed by atoms with E-state index in [0.29, 0.717) is 0 Å². The molecule has 0 bridgehead atoms. The molecule has 0 aliphatic carbocycles. The highest BCUT2D eigenvalue weighted by Gasteiger charge is 2.24. The van der Waals surface area contributed by atoms with Crippen LogP contribution in [0.15, 0.2) is 23.4 Å². The summed E-state index contributed by atoms with van der Waals surface area (Å²) in [5, 5.41) is 3.65. The normalized spacial score (nSPS) is 11.5. The summed E-state index contributed by atoms with van der Waals surface area (Å²) in [4.78, 5) is 2.86. The molecular formula is C9H9F2N5O2S. The third kappa shape index (κ3) is 2.34. The standard InChI is InChI=1S/C9H9F2N5O2S/c1-16-9(13-4-14-16)15-19(17,18)6-3-2-5(10)8(12)7(6)11/h2-4H,12H2,1H3,(H,13,14,15). The predicted octanol–water partition coefficient (Wildman–Crippen LogP) is 0.476. The first-order valence-corrected chi connectivity index (χ1v) is 6.41. The van der Waals surface area contributed by atoms with Crippen molar-refractivity contribution in [2.24, 2.45) is 7.05 Å². The molecule has 0 aliphatic heterocycles. The van der Waals surface area contributed by atoms with Crippen molar-refractivity contribution in [3.63, 3.8) is 0 Å². The first kappa shape index (κ1) is 13.2. The molecule has 0 saturated carbocycles. The van der Waals surface area contributed by atoms with Gasteiger partial charge in [-0.1, -0.05) is 0 Å². The van der Waals surface area contributed by atoms with Crippen LogP contribution in [-0.2, 0) is 17.1 Å². The summed E-state index contributed by atoms with van der Waals surface area (Å²) in [7, 11) is -2.83. The predicted molar refractivity (Wildman–Crippen MR) is 62.6 cm³/mol. The van der Waals surface area contributed by atoms with Crippen LogP contribution in [0.3, 0.4) is 0 Å². The van der Waals surface area contributed by atoms with Crippen molar-refractivity contribution in [2.45, 2.75) is 4.90 Å². The first-order valence-electron chi connectivity index (χ1n) is 4.93. The molecule has 0 spiro atoms. The molecule has 0 amide bonds. The SMILES string of the molecule is Cn1ncnc1NS(=O)(=O)c1ccc(F)c(N)c1F. The fraction of sp³-hybridized carbons (Fsp3) is 0.111. The molecule has 1 aromatic carbocycles. The zero-order chi connectivity index (χ0) is 14.2. The van der Waals surface area contributed by atoms with Crippen LogP contribution < -0.4 is 10.5 Å². The maximum absolute atomic E-state index is 13.7. The molecule has 3 N–H and O–H groups in total. The van der Waals surface area contributed by atoms with Gasteiger partial charge in [-0.05, 0) is 12.1 Å². The Morgan fingerprint density at radius 1 is 1.37 bits per heavy atom. The molecular weight excluding hydrogens is 280 g/mol. The highest BCUT2D eigenvalue weighted by Crippen LogP contribution is 2.23. The van der Waals surface area contributed by atoms with Gasteiger partial charge in [-0.25, -0.2) is 26.6 Å². The van der Waals surface area contributed by atoms with Crippen LogP contribution in [0.1, 0.15) is 0 Å². The summed E-state index contributed by atoms with van der Waals surface area (Å²) in [6.07, 6.45) is 1.12. The molecule has 0 saturated heterocycles. The van der Waals surface area contributed by atoms with Crippen LogP contribution in [-0.4, -0.2) is 23.2 Å². The molecule has 19 heavy (non-hydrogen) atoms. The lowest BCUT2D eigenvalue weighted by molar-refractivity contribution is 0.557. The number of hydrogen-bond acceptors (Lipinski definition) is 5. The van der Waals surface area contributed by atoms with Gasteiger partial charge in [0.15, 0.2) is 5.82 Å². The number of aromatic nitrogens is 3. The minimum absolute atomic E-state index is 0.109. The molecule has 10 heteroatoms. The Morgan fingerprint density at radius 2 is 2.05 bits per heavy atom. The fourth-order valence-electron chi connectivity index (χ4n) is 1.32. The van der Waals surface area contributed by atoms with Gasteiger partial charge in [0.1, 0.15) is 22.7 Å². The molecule has 0 unspecified atom stereocenters. The second kappa shape index (κ2) is 4.46. The summed E-state index contributed by atoms with van der Waals surface area (Å²) in [5.74, 6) is -2.49. The van der Waals surface area contributed by atoms with Crippen molar-refractivity contribution in [3.8, 4) is 0 Å². The molecule has 7 nitrogen and oxygen atoms in total. The Morgan fingerprint density at radius 3 is 2.63 bits per heavy atom. The van der Waals surface area contributed by atoms with Crippen molar-refractivity contribution >= 4 is 21.7 Å². The number of nitrogens with two attached hydrogens (primary N) is 1. The highest BCUT2D eigenvalue weighted by atomic mass is 32.2. The van der Waals surface area contributed by atoms with Crippen LogP contribution in [0.5, 0.6) is 0 Å². The number of sulfonamides is 1. The minimum atomic E-state index is -4.27. The maximum Gasteiger partial charge on any atom is 0.267 e. The molecule has 0 fully saturated rings. The maximum atomic E-state index is 13.7. The zero-order valence-corrected chi connectivity index (χ0v) is 10.4. The van der Waals surface area contributed by atoms with Crippen LogP contribution >= 0.6 is 0 Å². The number of anilines is 2. The van der Waals surface area contributed by atoms with Crippen molar-refractivity contribution in [2.75, 3.05) is 10.5 Å². The Kier molecular flexibility index (Phi) is 3.10. The van der Waals surface area contributed by atoms with E-state index in [0.717, 1.165) is 23.1 Å². The molecule has 1 aromatic heterocycles. The number of halogens is 2. The van der Waals surface area contributed by atoms with Crippen LogP contribution in [0, 0.1) is 11.6 Å². The van der Waals surface area contributed by atoms with Gasteiger partial charge >= 0.3 is 0 Å². The Bertz CT molecular complexity index is 728. The van der Waals surface area contributed by atoms with Gasteiger partial charge in [0.2, 0.25) is 5.95 Å². The summed E-state index contributed by atoms with van der Waals surface area (Å²) >= 11 is 0. The van der Waals surface area contributed by atoms with Gasteiger partial charge in [-0.3, -0.25) is 0 Å². The fourth-order valence-corrected chi connectivity index (χ4v) is 2.45. The Balaban J connectivity index is 2.46. The number of nitrogens with zero attached hydrogens (tertiary/aromatic N) is 3. The number of aryl methyl sites for hydroxylation is 1. The van der Waals surface area contributed by atoms with Crippen LogP contribution in [0.2, 0.25) is 0 Å². The van der Waals surface area contributed by atoms with Gasteiger partial charge in [0.25, 0.3) is 10.0 Å². The van der Waals surface area contributed by atoms with Crippen molar-refractivity contribution < 1.29 is 17.2 Å². The third-order valence-electron chi connectivity index (χ3n) is 2.32. The largest absolute Gasteiger partial charge is 0.394 e. The van der Waals surface area contributed by atoms with Crippen molar-refractivity contribution in [1.82, 2.24) is 14.8 Å². The van der Waals surface area contributed by atoms with E-state index in [2.05, 4.69) is 10.1 Å². The lowest BCUT2D eigenvalue weighted by atomic mass is 10.3. The van der Waals surface area contributed by atoms with E-state index in [1.165, 1.54) is 7.05 Å². The van der Waals surface area contributed by atoms with E-state index < -0.39 is 32.2 Å². The number of nitrogen functional groups attached to an aromatic ring is 1. The second-order valence-electron chi connectivity index (χ2n) is 3.59. The molecule has 0 radical (unpaired) electrons. The van der Waals surface area contributed by atoms with Gasteiger partial charge in [-0.2, -0.15) is 10.1 Å². The van der Waals surface area contributed by atoms with Crippen molar-refractivity contribution in [3.05, 3.63) is 30.1 Å². The molecule has 2 rings (SSSR count). The second-order valence-corrected chi connectivity index (χ2v) is 5.24. The molecule has 1 heterocycles. The smallest absolute Gasteiger partial charge is 0.267 e. The Hall–Kier alpha value is -2.23. The molecule has 0 aliphatic rings. The number of hydrogen-bond donors (Lipinski definition) is 2. The minimum Gasteiger partial charge on any atom is -0.394 e. The lowest BCUT2D eigenvalue weighted by Crippen LogP contribution is -2.18. The van der Waals surface area contributed by atoms with Gasteiger partial charge in [-0.15, -0.1) is 0 Å². The van der Waals surface area contributed by atoms with Gasteiger partial charge in [0, 0.05) is 7.05 Å². The third-order valence-corrected chi connectivity index (χ3v) is 3.66. The van der Waals surface area contributed by atoms with E-state index in [1.807, 2.05) is 4.72 Å². The quantitative estimate of drug-likeness (QED) is 0.800. The van der Waals surface area contributed by atoms with Crippen LogP contribution in [0.4, 0.5) is 20.4 Å². The van der Waals surface area contributed by atoms with E-state index in [9.17, 15) is 17.2 Å². The average molecular weight is 289 g/mol. The van der Waals surface area contributed by atoms with E-state index in [4.69, 9.17) is 5.73 Å². The Labute approximate surface area is 107 Å². The number of rotatable bonds is 3. The number of benzene rings is 1. The lowest BCUT2D eigenvalue weighted by Gasteiger charge is -2.09. The van der Waals surface area contributed by atoms with Crippen LogP contribution in [0.25, 0.3) is 0 Å². The zero-order valence-electron chi connectivity index (χ0n) is 9.63. The summed E-state index contributed by atoms with van der Waals surface area (Å²) in [6, 6.07) is 1.55. The molecule has 0 atom stereocenters. The van der Waals surface area contributed by atoms with Gasteiger partial charge in [0.05, 0.1) is 0 Å². The highest BCUT2D eigenvalue weighted by molar-refractivity contribution is 7.92. The van der Waals surface area contributed by atoms with E-state index >= 15 is 0 Å². The summed E-state index contributed by atoms with van der Waals surface area (Å²) in [5.41, 5.74) is 4.25. The number of nitrogens with one attached hydrogen (secondary N) is 1. The van der Waals surface area contributed by atoms with E-state index in [-0.39, 0.29) is 5.95 Å².